The predicted molar refractivity (Wildman–Crippen MR) is 204 cm³/mol. The summed E-state index contributed by atoms with van der Waals surface area (Å²) in [5, 5.41) is 31.2. The van der Waals surface area contributed by atoms with Crippen molar-refractivity contribution in [2.24, 2.45) is 55.1 Å². The van der Waals surface area contributed by atoms with E-state index < -0.39 is 90.8 Å². The number of aliphatic hydroxyl groups excluding tert-OH is 1. The summed E-state index contributed by atoms with van der Waals surface area (Å²) in [6, 6.07) is -7.15. The van der Waals surface area contributed by atoms with E-state index in [-0.39, 0.29) is 82.6 Å². The third-order valence-electron chi connectivity index (χ3n) is 8.26. The number of nitrogens with one attached hydrogen (secondary N) is 5. The van der Waals surface area contributed by atoms with Crippen molar-refractivity contribution < 1.29 is 43.8 Å². The molecule has 1 aliphatic heterocycles. The number of hydrogen-bond donors (Lipinski definition) is 14. The van der Waals surface area contributed by atoms with Crippen LogP contribution in [0.25, 0.3) is 0 Å². The number of likely N-dealkylation sites (tertiary alicyclic amines) is 1. The zero-order valence-corrected chi connectivity index (χ0v) is 31.4. The third kappa shape index (κ3) is 18.4. The number of aliphatic imine (C=N–C) groups is 3. The minimum atomic E-state index is -1.34. The summed E-state index contributed by atoms with van der Waals surface area (Å²) in [4.78, 5) is 103. The number of amides is 6. The van der Waals surface area contributed by atoms with Gasteiger partial charge in [0.15, 0.2) is 17.9 Å². The summed E-state index contributed by atoms with van der Waals surface area (Å²) in [7, 11) is 0. The number of aliphatic carboxylic acids is 1. The molecule has 0 aliphatic carbocycles. The minimum Gasteiger partial charge on any atom is -0.480 e. The smallest absolute Gasteiger partial charge is 0.326 e. The Balaban J connectivity index is 3.00. The SMILES string of the molecule is C[C@H](NC(=O)[C@@H]1CCCN1C(=O)[C@@H](N)CO)C(=O)N[C@@H](CCCN=C(N)N)C(=O)NCC(=O)N[C@@H](CCCN=C(N)N)C(=O)N[C@@H](CCCN=C(N)N)C(=O)O. The molecule has 0 unspecified atom stereocenters. The monoisotopic (exact) mass is 798 g/mol. The van der Waals surface area contributed by atoms with Gasteiger partial charge in [-0.15, -0.1) is 0 Å². The molecule has 1 fully saturated rings. The van der Waals surface area contributed by atoms with Gasteiger partial charge in [-0.1, -0.05) is 0 Å². The highest BCUT2D eigenvalue weighted by molar-refractivity contribution is 5.96. The molecule has 0 aromatic rings. The first kappa shape index (κ1) is 48.0. The van der Waals surface area contributed by atoms with Crippen LogP contribution in [0.2, 0.25) is 0 Å². The highest BCUT2D eigenvalue weighted by Crippen LogP contribution is 2.18. The Labute approximate surface area is 323 Å². The Hall–Kier alpha value is -5.98. The van der Waals surface area contributed by atoms with E-state index in [1.165, 1.54) is 11.8 Å². The van der Waals surface area contributed by atoms with Crippen LogP contribution in [0.5, 0.6) is 0 Å². The van der Waals surface area contributed by atoms with E-state index in [0.29, 0.717) is 12.8 Å². The second-order valence-corrected chi connectivity index (χ2v) is 12.9. The maximum atomic E-state index is 13.3. The van der Waals surface area contributed by atoms with Gasteiger partial charge in [0, 0.05) is 26.2 Å². The molecule has 56 heavy (non-hydrogen) atoms. The molecule has 6 amide bonds. The van der Waals surface area contributed by atoms with E-state index in [9.17, 15) is 43.8 Å². The molecular formula is C31H58N16O9. The summed E-state index contributed by atoms with van der Waals surface area (Å²) in [6.45, 7) is 0.646. The van der Waals surface area contributed by atoms with Gasteiger partial charge in [0.1, 0.15) is 36.3 Å². The van der Waals surface area contributed by atoms with Crippen molar-refractivity contribution in [3.8, 4) is 0 Å². The molecule has 1 rings (SSSR count). The lowest BCUT2D eigenvalue weighted by molar-refractivity contribution is -0.142. The molecular weight excluding hydrogens is 740 g/mol. The van der Waals surface area contributed by atoms with Crippen LogP contribution in [-0.2, 0) is 33.6 Å². The quantitative estimate of drug-likeness (QED) is 0.0232. The lowest BCUT2D eigenvalue weighted by Crippen LogP contribution is -2.57. The number of rotatable bonds is 25. The van der Waals surface area contributed by atoms with Crippen molar-refractivity contribution in [3.63, 3.8) is 0 Å². The number of carboxylic acids is 1. The second-order valence-electron chi connectivity index (χ2n) is 12.9. The van der Waals surface area contributed by atoms with Crippen molar-refractivity contribution in [1.82, 2.24) is 31.5 Å². The van der Waals surface area contributed by atoms with E-state index in [2.05, 4.69) is 41.6 Å². The maximum Gasteiger partial charge on any atom is 0.326 e. The number of guanidine groups is 3. The lowest BCUT2D eigenvalue weighted by atomic mass is 10.1. The fraction of sp³-hybridized carbons (Fsp3) is 0.677. The average molecular weight is 799 g/mol. The third-order valence-corrected chi connectivity index (χ3v) is 8.26. The van der Waals surface area contributed by atoms with E-state index in [1.807, 2.05) is 0 Å². The Morgan fingerprint density at radius 1 is 0.714 bits per heavy atom. The van der Waals surface area contributed by atoms with E-state index in [1.54, 1.807) is 0 Å². The van der Waals surface area contributed by atoms with Crippen molar-refractivity contribution in [3.05, 3.63) is 0 Å². The Morgan fingerprint density at radius 3 is 1.68 bits per heavy atom. The number of nitrogens with two attached hydrogens (primary N) is 7. The minimum absolute atomic E-state index is 0.00379. The second kappa shape index (κ2) is 25.2. The Kier molecular flexibility index (Phi) is 21.6. The maximum absolute atomic E-state index is 13.3. The van der Waals surface area contributed by atoms with Gasteiger partial charge >= 0.3 is 5.97 Å². The standard InChI is InChI=1S/C31H58N16O9/c1-16(43-26(53)21-9-5-13-47(21)27(54)17(32)15-48)23(50)45-18(6-2-10-39-29(33)34)24(51)42-14-22(49)44-19(7-3-11-40-30(35)36)25(52)46-20(28(55)56)8-4-12-41-31(37)38/h16-21,48H,2-15,32H2,1H3,(H,42,51)(H,43,53)(H,44,49)(H,45,50)(H,46,52)(H,55,56)(H4,33,34,39)(H4,35,36,40)(H4,37,38,41)/t16-,17-,18-,19-,20-,21-/m0/s1. The van der Waals surface area contributed by atoms with Crippen LogP contribution < -0.4 is 66.7 Å². The molecule has 0 bridgehead atoms. The first-order valence-electron chi connectivity index (χ1n) is 17.9. The molecule has 25 nitrogen and oxygen atoms in total. The van der Waals surface area contributed by atoms with Crippen molar-refractivity contribution in [2.75, 3.05) is 39.3 Å². The van der Waals surface area contributed by atoms with Gasteiger partial charge in [0.2, 0.25) is 35.4 Å². The molecule has 1 saturated heterocycles. The van der Waals surface area contributed by atoms with Crippen LogP contribution in [0.1, 0.15) is 58.3 Å². The molecule has 1 aliphatic rings. The summed E-state index contributed by atoms with van der Waals surface area (Å²) < 4.78 is 0. The number of carbonyl (C=O) groups excluding carboxylic acids is 6. The Bertz CT molecular complexity index is 1450. The highest BCUT2D eigenvalue weighted by Gasteiger charge is 2.37. The van der Waals surface area contributed by atoms with E-state index in [4.69, 9.17) is 40.1 Å². The van der Waals surface area contributed by atoms with Crippen molar-refractivity contribution in [1.29, 1.82) is 0 Å². The van der Waals surface area contributed by atoms with Gasteiger partial charge in [0.05, 0.1) is 13.2 Å². The van der Waals surface area contributed by atoms with Gasteiger partial charge in [-0.2, -0.15) is 0 Å². The first-order valence-corrected chi connectivity index (χ1v) is 17.9. The van der Waals surface area contributed by atoms with Crippen LogP contribution in [0.4, 0.5) is 0 Å². The van der Waals surface area contributed by atoms with Crippen molar-refractivity contribution in [2.45, 2.75) is 94.5 Å². The van der Waals surface area contributed by atoms with Gasteiger partial charge < -0.3 is 81.8 Å². The van der Waals surface area contributed by atoms with Gasteiger partial charge in [-0.05, 0) is 58.3 Å². The molecule has 0 spiro atoms. The summed E-state index contributed by atoms with van der Waals surface area (Å²) in [5.74, 6) is -6.37. The fourth-order valence-corrected chi connectivity index (χ4v) is 5.38. The van der Waals surface area contributed by atoms with Crippen LogP contribution >= 0.6 is 0 Å². The van der Waals surface area contributed by atoms with E-state index in [0.717, 1.165) is 0 Å². The summed E-state index contributed by atoms with van der Waals surface area (Å²) >= 11 is 0. The molecule has 25 heteroatoms. The van der Waals surface area contributed by atoms with Crippen LogP contribution in [-0.4, -0.2) is 150 Å². The molecule has 0 radical (unpaired) electrons. The normalized spacial score (nSPS) is 16.1. The molecule has 21 N–H and O–H groups in total. The molecule has 0 aromatic carbocycles. The lowest BCUT2D eigenvalue weighted by Gasteiger charge is -2.27. The number of nitrogens with zero attached hydrogens (tertiary/aromatic N) is 4. The molecule has 0 aromatic heterocycles. The van der Waals surface area contributed by atoms with Gasteiger partial charge in [-0.3, -0.25) is 43.7 Å². The molecule has 316 valence electrons. The number of aliphatic hydroxyl groups is 1. The molecule has 0 saturated carbocycles. The topological polar surface area (TPSA) is 443 Å². The van der Waals surface area contributed by atoms with Crippen LogP contribution in [0.3, 0.4) is 0 Å². The highest BCUT2D eigenvalue weighted by atomic mass is 16.4. The molecule has 1 heterocycles. The number of carboxylic acid groups (broad SMARTS) is 1. The van der Waals surface area contributed by atoms with Crippen LogP contribution in [0.15, 0.2) is 15.0 Å². The Morgan fingerprint density at radius 2 is 1.20 bits per heavy atom. The van der Waals surface area contributed by atoms with E-state index >= 15 is 0 Å². The predicted octanol–water partition coefficient (Wildman–Crippen LogP) is -7.38. The van der Waals surface area contributed by atoms with Crippen LogP contribution in [0, 0.1) is 0 Å². The van der Waals surface area contributed by atoms with Crippen molar-refractivity contribution >= 4 is 59.3 Å². The zero-order valence-electron chi connectivity index (χ0n) is 31.4. The number of carbonyl (C=O) groups is 7. The van der Waals surface area contributed by atoms with Gasteiger partial charge in [-0.25, -0.2) is 4.79 Å². The average Bonchev–Trinajstić information content (AvgIpc) is 3.63. The molecule has 6 atom stereocenters. The van der Waals surface area contributed by atoms with Gasteiger partial charge in [0.25, 0.3) is 0 Å². The fourth-order valence-electron chi connectivity index (χ4n) is 5.38. The summed E-state index contributed by atoms with van der Waals surface area (Å²) in [6.07, 6.45) is 1.39. The zero-order chi connectivity index (χ0) is 42.4. The number of hydrogen-bond acceptors (Lipinski definition) is 12. The largest absolute Gasteiger partial charge is 0.480 e. The summed E-state index contributed by atoms with van der Waals surface area (Å²) in [5.41, 5.74) is 37.7. The first-order chi connectivity index (χ1) is 26.4.